The minimum Gasteiger partial charge on any atom is -0.493 e. The van der Waals surface area contributed by atoms with Crippen molar-refractivity contribution < 1.29 is 19.1 Å². The van der Waals surface area contributed by atoms with E-state index in [1.165, 1.54) is 6.08 Å². The van der Waals surface area contributed by atoms with Gasteiger partial charge in [0.15, 0.2) is 11.5 Å². The third-order valence-electron chi connectivity index (χ3n) is 4.31. The van der Waals surface area contributed by atoms with Gasteiger partial charge in [0, 0.05) is 28.0 Å². The Morgan fingerprint density at radius 1 is 0.839 bits per heavy atom. The molecule has 0 atom stereocenters. The minimum absolute atomic E-state index is 0.306. The minimum atomic E-state index is -0.331. The molecule has 0 aliphatic rings. The van der Waals surface area contributed by atoms with Gasteiger partial charge in [0.25, 0.3) is 5.91 Å². The Kier molecular flexibility index (Phi) is 7.30. The predicted octanol–water partition coefficient (Wildman–Crippen LogP) is 5.26. The number of carbonyl (C=O) groups is 2. The molecule has 31 heavy (non-hydrogen) atoms. The molecule has 3 aromatic carbocycles. The number of benzene rings is 3. The molecule has 0 aliphatic carbocycles. The van der Waals surface area contributed by atoms with Gasteiger partial charge in [-0.1, -0.05) is 29.8 Å². The first-order valence-corrected chi connectivity index (χ1v) is 9.74. The number of methoxy groups -OCH3 is 2. The van der Waals surface area contributed by atoms with E-state index < -0.39 is 0 Å². The molecule has 0 saturated heterocycles. The molecule has 0 bridgehead atoms. The lowest BCUT2D eigenvalue weighted by Crippen LogP contribution is -2.13. The van der Waals surface area contributed by atoms with Crippen molar-refractivity contribution in [2.24, 2.45) is 0 Å². The van der Waals surface area contributed by atoms with E-state index in [1.54, 1.807) is 81.0 Å². The van der Waals surface area contributed by atoms with Crippen molar-refractivity contribution in [3.8, 4) is 11.5 Å². The number of halogens is 1. The van der Waals surface area contributed by atoms with Crippen LogP contribution in [0.1, 0.15) is 15.9 Å². The molecule has 2 amide bonds. The van der Waals surface area contributed by atoms with E-state index >= 15 is 0 Å². The predicted molar refractivity (Wildman–Crippen MR) is 123 cm³/mol. The van der Waals surface area contributed by atoms with Crippen LogP contribution < -0.4 is 20.1 Å². The standard InChI is InChI=1S/C24H21ClN2O4/c1-30-21-11-9-16(13-22(21)31-2)10-12-23(28)26-19-7-3-5-17(14-19)24(29)27-20-8-4-6-18(25)15-20/h3-15H,1-2H3,(H,26,28)(H,27,29)/b12-10+. The average Bonchev–Trinajstić information content (AvgIpc) is 2.77. The van der Waals surface area contributed by atoms with Crippen LogP contribution in [0.3, 0.4) is 0 Å². The first kappa shape index (κ1) is 21.9. The second-order valence-corrected chi connectivity index (χ2v) is 6.92. The fourth-order valence-electron chi connectivity index (χ4n) is 2.82. The normalized spacial score (nSPS) is 10.5. The molecule has 0 radical (unpaired) electrons. The van der Waals surface area contributed by atoms with E-state index in [1.807, 2.05) is 6.07 Å². The summed E-state index contributed by atoms with van der Waals surface area (Å²) >= 11 is 5.94. The molecule has 6 nitrogen and oxygen atoms in total. The van der Waals surface area contributed by atoms with Crippen molar-refractivity contribution in [1.29, 1.82) is 0 Å². The largest absolute Gasteiger partial charge is 0.493 e. The van der Waals surface area contributed by atoms with Gasteiger partial charge >= 0.3 is 0 Å². The highest BCUT2D eigenvalue weighted by atomic mass is 35.5. The second-order valence-electron chi connectivity index (χ2n) is 6.48. The lowest BCUT2D eigenvalue weighted by Gasteiger charge is -2.08. The van der Waals surface area contributed by atoms with Crippen LogP contribution in [0, 0.1) is 0 Å². The summed E-state index contributed by atoms with van der Waals surface area (Å²) in [7, 11) is 3.11. The number of hydrogen-bond donors (Lipinski definition) is 2. The van der Waals surface area contributed by atoms with Crippen molar-refractivity contribution in [2.45, 2.75) is 0 Å². The number of carbonyl (C=O) groups excluding carboxylic acids is 2. The third kappa shape index (κ3) is 6.10. The molecular weight excluding hydrogens is 416 g/mol. The first-order chi connectivity index (χ1) is 15.0. The van der Waals surface area contributed by atoms with E-state index in [2.05, 4.69) is 10.6 Å². The van der Waals surface area contributed by atoms with Gasteiger partial charge in [-0.2, -0.15) is 0 Å². The number of anilines is 2. The summed E-state index contributed by atoms with van der Waals surface area (Å²) in [5.74, 6) is 0.543. The SMILES string of the molecule is COc1ccc(/C=C/C(=O)Nc2cccc(C(=O)Nc3cccc(Cl)c3)c2)cc1OC. The highest BCUT2D eigenvalue weighted by Crippen LogP contribution is 2.28. The van der Waals surface area contributed by atoms with Crippen LogP contribution >= 0.6 is 11.6 Å². The van der Waals surface area contributed by atoms with Gasteiger partial charge in [-0.25, -0.2) is 0 Å². The van der Waals surface area contributed by atoms with Crippen molar-refractivity contribution in [3.05, 3.63) is 89.0 Å². The zero-order chi connectivity index (χ0) is 22.2. The summed E-state index contributed by atoms with van der Waals surface area (Å²) in [6.45, 7) is 0. The summed E-state index contributed by atoms with van der Waals surface area (Å²) < 4.78 is 10.5. The maximum absolute atomic E-state index is 12.5. The molecule has 0 saturated carbocycles. The van der Waals surface area contributed by atoms with Crippen LogP contribution in [-0.4, -0.2) is 26.0 Å². The van der Waals surface area contributed by atoms with Crippen molar-refractivity contribution >= 4 is 40.9 Å². The number of amides is 2. The number of nitrogens with one attached hydrogen (secondary N) is 2. The molecule has 3 aromatic rings. The molecular formula is C24H21ClN2O4. The molecule has 0 aliphatic heterocycles. The van der Waals surface area contributed by atoms with Crippen LogP contribution in [0.2, 0.25) is 5.02 Å². The third-order valence-corrected chi connectivity index (χ3v) is 4.54. The quantitative estimate of drug-likeness (QED) is 0.495. The molecule has 0 aromatic heterocycles. The molecule has 7 heteroatoms. The maximum Gasteiger partial charge on any atom is 0.255 e. The van der Waals surface area contributed by atoms with E-state index in [0.717, 1.165) is 5.56 Å². The van der Waals surface area contributed by atoms with E-state index in [9.17, 15) is 9.59 Å². The summed E-state index contributed by atoms with van der Waals surface area (Å²) in [6, 6.07) is 18.9. The Balaban J connectivity index is 1.65. The van der Waals surface area contributed by atoms with Gasteiger partial charge in [0.2, 0.25) is 5.91 Å². The molecule has 0 unspecified atom stereocenters. The van der Waals surface area contributed by atoms with Gasteiger partial charge in [-0.3, -0.25) is 9.59 Å². The highest BCUT2D eigenvalue weighted by Gasteiger charge is 2.08. The Morgan fingerprint density at radius 2 is 1.55 bits per heavy atom. The van der Waals surface area contributed by atoms with Gasteiger partial charge in [-0.15, -0.1) is 0 Å². The van der Waals surface area contributed by atoms with Crippen LogP contribution in [0.15, 0.2) is 72.8 Å². The smallest absolute Gasteiger partial charge is 0.255 e. The van der Waals surface area contributed by atoms with Gasteiger partial charge < -0.3 is 20.1 Å². The van der Waals surface area contributed by atoms with E-state index in [4.69, 9.17) is 21.1 Å². The zero-order valence-electron chi connectivity index (χ0n) is 17.0. The summed E-state index contributed by atoms with van der Waals surface area (Å²) in [6.07, 6.45) is 3.06. The van der Waals surface area contributed by atoms with Crippen molar-refractivity contribution in [1.82, 2.24) is 0 Å². The van der Waals surface area contributed by atoms with Crippen molar-refractivity contribution in [2.75, 3.05) is 24.9 Å². The Bertz CT molecular complexity index is 1130. The van der Waals surface area contributed by atoms with Crippen LogP contribution in [-0.2, 0) is 4.79 Å². The lowest BCUT2D eigenvalue weighted by molar-refractivity contribution is -0.111. The van der Waals surface area contributed by atoms with Gasteiger partial charge in [0.1, 0.15) is 0 Å². The average molecular weight is 437 g/mol. The zero-order valence-corrected chi connectivity index (χ0v) is 17.8. The molecule has 0 fully saturated rings. The molecule has 2 N–H and O–H groups in total. The Morgan fingerprint density at radius 3 is 2.26 bits per heavy atom. The number of hydrogen-bond acceptors (Lipinski definition) is 4. The van der Waals surface area contributed by atoms with Crippen LogP contribution in [0.25, 0.3) is 6.08 Å². The lowest BCUT2D eigenvalue weighted by atomic mass is 10.1. The molecule has 0 heterocycles. The van der Waals surface area contributed by atoms with Crippen molar-refractivity contribution in [3.63, 3.8) is 0 Å². The fourth-order valence-corrected chi connectivity index (χ4v) is 3.01. The second kappa shape index (κ2) is 10.3. The van der Waals surface area contributed by atoms with E-state index in [-0.39, 0.29) is 11.8 Å². The Hall–Kier alpha value is -3.77. The molecule has 3 rings (SSSR count). The highest BCUT2D eigenvalue weighted by molar-refractivity contribution is 6.31. The Labute approximate surface area is 185 Å². The van der Waals surface area contributed by atoms with Gasteiger partial charge in [0.05, 0.1) is 14.2 Å². The molecule has 158 valence electrons. The number of ether oxygens (including phenoxy) is 2. The maximum atomic E-state index is 12.5. The first-order valence-electron chi connectivity index (χ1n) is 9.36. The summed E-state index contributed by atoms with van der Waals surface area (Å²) in [5.41, 5.74) is 2.27. The van der Waals surface area contributed by atoms with Crippen LogP contribution in [0.4, 0.5) is 11.4 Å². The number of rotatable bonds is 7. The molecule has 0 spiro atoms. The van der Waals surface area contributed by atoms with Crippen LogP contribution in [0.5, 0.6) is 11.5 Å². The monoisotopic (exact) mass is 436 g/mol. The fraction of sp³-hybridized carbons (Fsp3) is 0.0833. The summed E-state index contributed by atoms with van der Waals surface area (Å²) in [4.78, 5) is 24.8. The topological polar surface area (TPSA) is 76.7 Å². The van der Waals surface area contributed by atoms with Gasteiger partial charge in [-0.05, 0) is 60.2 Å². The van der Waals surface area contributed by atoms with E-state index in [0.29, 0.717) is 33.5 Å². The summed E-state index contributed by atoms with van der Waals surface area (Å²) in [5, 5.41) is 6.05.